The summed E-state index contributed by atoms with van der Waals surface area (Å²) >= 11 is 0. The van der Waals surface area contributed by atoms with E-state index in [1.165, 1.54) is 0 Å². The standard InChI is InChI=1S/C5H9NO2/c6-4-1-2-8-5(4)3-7/h3-5H,1-2,6H2. The maximum Gasteiger partial charge on any atom is 0.150 e. The Hall–Kier alpha value is -0.410. The van der Waals surface area contributed by atoms with Crippen LogP contribution in [0.1, 0.15) is 6.42 Å². The molecular weight excluding hydrogens is 106 g/mol. The number of rotatable bonds is 1. The molecule has 0 radical (unpaired) electrons. The minimum atomic E-state index is -0.338. The number of aldehydes is 1. The van der Waals surface area contributed by atoms with Crippen molar-refractivity contribution in [3.8, 4) is 0 Å². The van der Waals surface area contributed by atoms with Crippen LogP contribution in [-0.4, -0.2) is 25.0 Å². The van der Waals surface area contributed by atoms with Crippen molar-refractivity contribution in [1.82, 2.24) is 0 Å². The molecule has 0 aliphatic carbocycles. The third-order valence-electron chi connectivity index (χ3n) is 1.32. The first-order valence-corrected chi connectivity index (χ1v) is 2.67. The lowest BCUT2D eigenvalue weighted by Gasteiger charge is -2.03. The third kappa shape index (κ3) is 0.877. The van der Waals surface area contributed by atoms with Crippen LogP contribution in [0.4, 0.5) is 0 Å². The van der Waals surface area contributed by atoms with Gasteiger partial charge in [0, 0.05) is 12.6 Å². The molecule has 1 fully saturated rings. The van der Waals surface area contributed by atoms with Crippen LogP contribution in [-0.2, 0) is 9.53 Å². The molecule has 0 aromatic heterocycles. The molecule has 1 rings (SSSR count). The van der Waals surface area contributed by atoms with Crippen LogP contribution >= 0.6 is 0 Å². The smallest absolute Gasteiger partial charge is 0.150 e. The minimum Gasteiger partial charge on any atom is -0.369 e. The van der Waals surface area contributed by atoms with Crippen molar-refractivity contribution < 1.29 is 9.53 Å². The Labute approximate surface area is 47.8 Å². The summed E-state index contributed by atoms with van der Waals surface area (Å²) in [6, 6.07) is -0.0625. The summed E-state index contributed by atoms with van der Waals surface area (Å²) in [5.41, 5.74) is 5.43. The highest BCUT2D eigenvalue weighted by molar-refractivity contribution is 5.57. The van der Waals surface area contributed by atoms with Crippen LogP contribution in [0.15, 0.2) is 0 Å². The SMILES string of the molecule is NC1CCOC1C=O. The summed E-state index contributed by atoms with van der Waals surface area (Å²) in [5, 5.41) is 0. The quantitative estimate of drug-likeness (QED) is 0.460. The lowest BCUT2D eigenvalue weighted by atomic mass is 10.2. The fourth-order valence-corrected chi connectivity index (χ4v) is 0.768. The second kappa shape index (κ2) is 2.24. The molecule has 1 saturated heterocycles. The first-order chi connectivity index (χ1) is 3.84. The second-order valence-corrected chi connectivity index (χ2v) is 1.92. The lowest BCUT2D eigenvalue weighted by Crippen LogP contribution is -2.30. The molecule has 3 nitrogen and oxygen atoms in total. The molecule has 0 aromatic rings. The maximum absolute atomic E-state index is 10.0. The van der Waals surface area contributed by atoms with Crippen LogP contribution in [0.2, 0.25) is 0 Å². The van der Waals surface area contributed by atoms with Crippen LogP contribution in [0.3, 0.4) is 0 Å². The number of ether oxygens (including phenoxy) is 1. The Morgan fingerprint density at radius 1 is 1.75 bits per heavy atom. The van der Waals surface area contributed by atoms with Crippen LogP contribution in [0.5, 0.6) is 0 Å². The molecule has 2 N–H and O–H groups in total. The molecule has 0 amide bonds. The van der Waals surface area contributed by atoms with Gasteiger partial charge in [-0.15, -0.1) is 0 Å². The predicted octanol–water partition coefficient (Wildman–Crippen LogP) is -0.699. The van der Waals surface area contributed by atoms with Gasteiger partial charge >= 0.3 is 0 Å². The third-order valence-corrected chi connectivity index (χ3v) is 1.32. The van der Waals surface area contributed by atoms with Gasteiger partial charge in [-0.3, -0.25) is 0 Å². The fraction of sp³-hybridized carbons (Fsp3) is 0.800. The summed E-state index contributed by atoms with van der Waals surface area (Å²) in [6.45, 7) is 0.630. The van der Waals surface area contributed by atoms with Gasteiger partial charge in [0.05, 0.1) is 0 Å². The summed E-state index contributed by atoms with van der Waals surface area (Å²) in [6.07, 6.45) is 1.23. The van der Waals surface area contributed by atoms with E-state index in [9.17, 15) is 4.79 Å². The summed E-state index contributed by atoms with van der Waals surface area (Å²) in [4.78, 5) is 10.0. The second-order valence-electron chi connectivity index (χ2n) is 1.92. The van der Waals surface area contributed by atoms with E-state index < -0.39 is 0 Å². The van der Waals surface area contributed by atoms with E-state index in [0.29, 0.717) is 6.61 Å². The van der Waals surface area contributed by atoms with Crippen molar-refractivity contribution in [3.63, 3.8) is 0 Å². The Morgan fingerprint density at radius 2 is 2.50 bits per heavy atom. The Bertz CT molecular complexity index is 94.4. The first kappa shape index (κ1) is 5.72. The van der Waals surface area contributed by atoms with Crippen molar-refractivity contribution >= 4 is 6.29 Å². The number of carbonyl (C=O) groups is 1. The molecule has 0 saturated carbocycles. The molecule has 8 heavy (non-hydrogen) atoms. The van der Waals surface area contributed by atoms with Gasteiger partial charge in [-0.25, -0.2) is 0 Å². The van der Waals surface area contributed by atoms with Crippen molar-refractivity contribution in [2.24, 2.45) is 5.73 Å². The number of hydrogen-bond acceptors (Lipinski definition) is 3. The zero-order valence-electron chi connectivity index (χ0n) is 4.54. The topological polar surface area (TPSA) is 52.3 Å². The molecule has 1 heterocycles. The van der Waals surface area contributed by atoms with E-state index in [1.807, 2.05) is 0 Å². The van der Waals surface area contributed by atoms with E-state index in [-0.39, 0.29) is 12.1 Å². The van der Waals surface area contributed by atoms with Crippen LogP contribution in [0.25, 0.3) is 0 Å². The maximum atomic E-state index is 10.0. The highest BCUT2D eigenvalue weighted by Crippen LogP contribution is 2.07. The van der Waals surface area contributed by atoms with E-state index in [2.05, 4.69) is 0 Å². The van der Waals surface area contributed by atoms with Gasteiger partial charge in [-0.05, 0) is 6.42 Å². The zero-order valence-corrected chi connectivity index (χ0v) is 4.54. The van der Waals surface area contributed by atoms with E-state index in [0.717, 1.165) is 12.7 Å². The number of carbonyl (C=O) groups excluding carboxylic acids is 1. The molecule has 0 spiro atoms. The summed E-state index contributed by atoms with van der Waals surface area (Å²) in [5.74, 6) is 0. The van der Waals surface area contributed by atoms with Crippen LogP contribution < -0.4 is 5.73 Å². The van der Waals surface area contributed by atoms with E-state index in [1.54, 1.807) is 0 Å². The largest absolute Gasteiger partial charge is 0.369 e. The molecule has 2 atom stereocenters. The van der Waals surface area contributed by atoms with E-state index >= 15 is 0 Å². The molecular formula is C5H9NO2. The molecule has 46 valence electrons. The monoisotopic (exact) mass is 115 g/mol. The minimum absolute atomic E-state index is 0.0625. The van der Waals surface area contributed by atoms with Gasteiger partial charge in [-0.2, -0.15) is 0 Å². The molecule has 0 aromatic carbocycles. The van der Waals surface area contributed by atoms with Crippen molar-refractivity contribution in [3.05, 3.63) is 0 Å². The highest BCUT2D eigenvalue weighted by atomic mass is 16.5. The van der Waals surface area contributed by atoms with Crippen molar-refractivity contribution in [2.75, 3.05) is 6.61 Å². The van der Waals surface area contributed by atoms with Gasteiger partial charge < -0.3 is 15.3 Å². The molecule has 1 aliphatic rings. The molecule has 1 aliphatic heterocycles. The normalized spacial score (nSPS) is 37.6. The molecule has 0 bridgehead atoms. The highest BCUT2D eigenvalue weighted by Gasteiger charge is 2.23. The summed E-state index contributed by atoms with van der Waals surface area (Å²) in [7, 11) is 0. The zero-order chi connectivity index (χ0) is 5.98. The predicted molar refractivity (Wildman–Crippen MR) is 28.4 cm³/mol. The van der Waals surface area contributed by atoms with Crippen LogP contribution in [0, 0.1) is 0 Å². The Morgan fingerprint density at radius 3 is 2.75 bits per heavy atom. The van der Waals surface area contributed by atoms with Crippen molar-refractivity contribution in [2.45, 2.75) is 18.6 Å². The summed E-state index contributed by atoms with van der Waals surface area (Å²) < 4.78 is 4.92. The van der Waals surface area contributed by atoms with Gasteiger partial charge in [-0.1, -0.05) is 0 Å². The average molecular weight is 115 g/mol. The number of hydrogen-bond donors (Lipinski definition) is 1. The molecule has 3 heteroatoms. The van der Waals surface area contributed by atoms with E-state index in [4.69, 9.17) is 10.5 Å². The van der Waals surface area contributed by atoms with Gasteiger partial charge in [0.1, 0.15) is 12.4 Å². The Kier molecular flexibility index (Phi) is 1.60. The molecule has 2 unspecified atom stereocenters. The van der Waals surface area contributed by atoms with Gasteiger partial charge in [0.25, 0.3) is 0 Å². The van der Waals surface area contributed by atoms with Crippen molar-refractivity contribution in [1.29, 1.82) is 0 Å². The average Bonchev–Trinajstić information content (AvgIpc) is 2.14. The fourth-order valence-electron chi connectivity index (χ4n) is 0.768. The first-order valence-electron chi connectivity index (χ1n) is 2.67. The van der Waals surface area contributed by atoms with Gasteiger partial charge in [0.15, 0.2) is 0 Å². The van der Waals surface area contributed by atoms with Gasteiger partial charge in [0.2, 0.25) is 0 Å². The number of nitrogens with two attached hydrogens (primary N) is 1. The Balaban J connectivity index is 2.41. The lowest BCUT2D eigenvalue weighted by molar-refractivity contribution is -0.115.